The Kier molecular flexibility index (Phi) is 73.7. The smallest absolute Gasteiger partial charge is 0.337 e. The lowest BCUT2D eigenvalue weighted by molar-refractivity contribution is -0.138. The number of ether oxygens (including phenoxy) is 3. The number of hydrogen-bond donors (Lipinski definition) is 3. The molecule has 4 rings (SSSR count). The van der Waals surface area contributed by atoms with Crippen LogP contribution in [0.15, 0.2) is 115 Å². The zero-order chi connectivity index (χ0) is 81.1. The molecule has 0 saturated carbocycles. The molecule has 3 N–H and O–H groups in total. The van der Waals surface area contributed by atoms with Crippen molar-refractivity contribution < 1.29 is 43.3 Å². The van der Waals surface area contributed by atoms with Crippen LogP contribution in [0.25, 0.3) is 6.08 Å². The Hall–Kier alpha value is -6.17. The Labute approximate surface area is 647 Å². The minimum absolute atomic E-state index is 0.0626. The van der Waals surface area contributed by atoms with E-state index in [4.69, 9.17) is 19.3 Å². The molecular formula is C94H162N2O9. The summed E-state index contributed by atoms with van der Waals surface area (Å²) in [6.45, 7) is 59.7. The lowest BCUT2D eigenvalue weighted by Gasteiger charge is -2.08. The molecule has 11 nitrogen and oxygen atoms in total. The van der Waals surface area contributed by atoms with Crippen molar-refractivity contribution in [2.45, 2.75) is 315 Å². The van der Waals surface area contributed by atoms with Crippen molar-refractivity contribution >= 4 is 35.6 Å². The number of carbonyl (C=O) groups excluding carboxylic acids is 5. The van der Waals surface area contributed by atoms with Gasteiger partial charge in [-0.25, -0.2) is 4.79 Å². The van der Waals surface area contributed by atoms with Crippen molar-refractivity contribution in [3.63, 3.8) is 0 Å². The average molecular weight is 1460 g/mol. The molecule has 105 heavy (non-hydrogen) atoms. The van der Waals surface area contributed by atoms with Gasteiger partial charge in [-0.2, -0.15) is 0 Å². The molecule has 1 unspecified atom stereocenters. The van der Waals surface area contributed by atoms with Crippen LogP contribution in [0.5, 0.6) is 5.75 Å². The van der Waals surface area contributed by atoms with Gasteiger partial charge in [0.2, 0.25) is 11.8 Å². The average Bonchev–Trinajstić information content (AvgIpc) is 0.914. The van der Waals surface area contributed by atoms with E-state index in [9.17, 15) is 24.0 Å². The molecule has 602 valence electrons. The first-order valence-corrected chi connectivity index (χ1v) is 40.7. The van der Waals surface area contributed by atoms with E-state index in [1.807, 2.05) is 113 Å². The van der Waals surface area contributed by atoms with Crippen molar-refractivity contribution in [2.75, 3.05) is 33.4 Å². The van der Waals surface area contributed by atoms with Crippen molar-refractivity contribution in [3.8, 4) is 5.75 Å². The van der Waals surface area contributed by atoms with E-state index in [-0.39, 0.29) is 29.9 Å². The summed E-state index contributed by atoms with van der Waals surface area (Å²) in [7, 11) is 1.66. The normalized spacial score (nSPS) is 11.0. The second-order valence-corrected chi connectivity index (χ2v) is 31.2. The van der Waals surface area contributed by atoms with E-state index in [2.05, 4.69) is 187 Å². The van der Waals surface area contributed by atoms with Crippen molar-refractivity contribution in [2.24, 2.45) is 53.3 Å². The van der Waals surface area contributed by atoms with Gasteiger partial charge >= 0.3 is 11.9 Å². The SMILES string of the molecule is C/C=C(/C=C/c1ccc(CCC(C)C)cc1)C(=O)OCC.CCC(=O)CCC(C)C.CCC(O)CCC(C)C.CCCC(C)C.CCCNC(=O)CC(C)C.CCOCCc1ccc(CCC(C)C)cc1.CNC(=O)CC(C)C.Cc1ccc(CCC(C)C)cc1.Cc1ccc(OC(=O)CC(C)C)cc1. The van der Waals surface area contributed by atoms with Crippen LogP contribution >= 0.6 is 0 Å². The fourth-order valence-electron chi connectivity index (χ4n) is 9.03. The highest BCUT2D eigenvalue weighted by Crippen LogP contribution is 2.17. The maximum absolute atomic E-state index is 11.7. The van der Waals surface area contributed by atoms with Crippen LogP contribution in [0.3, 0.4) is 0 Å². The largest absolute Gasteiger partial charge is 0.462 e. The molecule has 0 radical (unpaired) electrons. The highest BCUT2D eigenvalue weighted by atomic mass is 16.5. The maximum atomic E-state index is 11.7. The first-order chi connectivity index (χ1) is 49.5. The summed E-state index contributed by atoms with van der Waals surface area (Å²) in [5, 5.41) is 14.5. The number of amides is 2. The summed E-state index contributed by atoms with van der Waals surface area (Å²) in [5.74, 6) is 6.78. The van der Waals surface area contributed by atoms with E-state index in [1.165, 1.54) is 72.8 Å². The summed E-state index contributed by atoms with van der Waals surface area (Å²) < 4.78 is 15.5. The van der Waals surface area contributed by atoms with Crippen LogP contribution in [0.1, 0.15) is 308 Å². The Morgan fingerprint density at radius 3 is 1.21 bits per heavy atom. The van der Waals surface area contributed by atoms with Gasteiger partial charge in [0.05, 0.1) is 24.9 Å². The number of benzene rings is 4. The maximum Gasteiger partial charge on any atom is 0.337 e. The molecule has 0 saturated heterocycles. The minimum atomic E-state index is -0.273. The Morgan fingerprint density at radius 2 is 0.867 bits per heavy atom. The fourth-order valence-corrected chi connectivity index (χ4v) is 9.03. The van der Waals surface area contributed by atoms with Gasteiger partial charge in [-0.15, -0.1) is 0 Å². The number of ketones is 1. The summed E-state index contributed by atoms with van der Waals surface area (Å²) in [6, 6.07) is 33.8. The topological polar surface area (TPSA) is 157 Å². The summed E-state index contributed by atoms with van der Waals surface area (Å²) in [6.07, 6.45) is 24.8. The van der Waals surface area contributed by atoms with E-state index in [0.29, 0.717) is 73.1 Å². The molecule has 4 aromatic carbocycles. The van der Waals surface area contributed by atoms with Gasteiger partial charge in [0.25, 0.3) is 0 Å². The van der Waals surface area contributed by atoms with Gasteiger partial charge in [0.1, 0.15) is 11.5 Å². The Balaban J connectivity index is -0.000000366. The van der Waals surface area contributed by atoms with Gasteiger partial charge in [0.15, 0.2) is 0 Å². The molecule has 4 aromatic rings. The number of allylic oxidation sites excluding steroid dienone is 1. The number of hydrogen-bond acceptors (Lipinski definition) is 9. The number of esters is 2. The van der Waals surface area contributed by atoms with Gasteiger partial charge < -0.3 is 30.0 Å². The Morgan fingerprint density at radius 1 is 0.457 bits per heavy atom. The zero-order valence-electron chi connectivity index (χ0n) is 72.7. The molecular weight excluding hydrogens is 1300 g/mol. The van der Waals surface area contributed by atoms with Crippen molar-refractivity contribution in [1.29, 1.82) is 0 Å². The predicted octanol–water partition coefficient (Wildman–Crippen LogP) is 24.6. The second kappa shape index (κ2) is 72.1. The molecule has 0 heterocycles. The van der Waals surface area contributed by atoms with Crippen LogP contribution in [-0.2, 0) is 59.1 Å². The Bertz CT molecular complexity index is 2720. The molecule has 0 fully saturated rings. The van der Waals surface area contributed by atoms with Gasteiger partial charge in [-0.05, 0) is 211 Å². The van der Waals surface area contributed by atoms with Crippen LogP contribution in [0.4, 0.5) is 0 Å². The number of rotatable bonds is 36. The van der Waals surface area contributed by atoms with Crippen LogP contribution in [0, 0.1) is 67.1 Å². The van der Waals surface area contributed by atoms with Gasteiger partial charge in [-0.1, -0.05) is 273 Å². The first-order valence-electron chi connectivity index (χ1n) is 40.7. The first kappa shape index (κ1) is 107. The molecule has 0 bridgehead atoms. The molecule has 2 amide bonds. The minimum Gasteiger partial charge on any atom is -0.462 e. The van der Waals surface area contributed by atoms with Crippen molar-refractivity contribution in [3.05, 3.63) is 154 Å². The standard InChI is InChI=1S/C19H26O2.C15H24O.C12H16O2.C12H18.C8H17NO.C8H18O.C8H16O.C6H13NO.C6H14/c1-5-18(19(20)21-6-2)14-13-17-11-9-16(10-12-17)8-7-15(3)4;1-4-16-12-11-15-9-7-14(8-10-15)6-5-13(2)3;1-9(2)8-12(13)14-11-6-4-10(3)5-7-11;1-10(2)4-7-12-8-5-11(3)6-9-12;1-4-5-9-8(10)6-7(2)3;2*1-4-8(9)6-5-7(2)3;1-5(2)4-6(8)7-3;1-4-5-6(2)3/h5,9-15H,6-8H2,1-4H3;7-10,13H,4-6,11-12H2,1-3H3;4-7,9H,8H2,1-3H3;5-6,8-10H,4,7H2,1-3H3;7H,4-6H2,1-3H3,(H,9,10);7-9H,4-6H2,1-3H3;7H,4-6H2,1-3H3;5H,4H2,1-3H3,(H,7,8);6H,4-5H2,1-3H3/b14-13+,18-5-;;;;;;;;. The number of nitrogens with one attached hydrogen (secondary N) is 2. The quantitative estimate of drug-likeness (QED) is 0.0133. The van der Waals surface area contributed by atoms with E-state index >= 15 is 0 Å². The van der Waals surface area contributed by atoms with Crippen LogP contribution in [-0.4, -0.2) is 74.2 Å². The number of aliphatic hydroxyl groups is 1. The van der Waals surface area contributed by atoms with Crippen molar-refractivity contribution in [1.82, 2.24) is 10.6 Å². The third-order valence-corrected chi connectivity index (χ3v) is 15.8. The lowest BCUT2D eigenvalue weighted by Crippen LogP contribution is -2.24. The summed E-state index contributed by atoms with van der Waals surface area (Å²) >= 11 is 0. The molecule has 0 aliphatic rings. The second-order valence-electron chi connectivity index (χ2n) is 31.2. The number of Topliss-reactive ketones (excluding diaryl/α,β-unsaturated/α-hetero) is 1. The summed E-state index contributed by atoms with van der Waals surface area (Å²) in [5.41, 5.74) is 9.84. The third-order valence-electron chi connectivity index (χ3n) is 15.8. The number of aryl methyl sites for hydroxylation is 5. The highest BCUT2D eigenvalue weighted by Gasteiger charge is 2.09. The molecule has 0 aliphatic carbocycles. The predicted molar refractivity (Wildman–Crippen MR) is 455 cm³/mol. The number of aliphatic hydroxyl groups excluding tert-OH is 1. The van der Waals surface area contributed by atoms with E-state index < -0.39 is 0 Å². The van der Waals surface area contributed by atoms with Gasteiger partial charge in [-0.3, -0.25) is 19.2 Å². The van der Waals surface area contributed by atoms with Crippen LogP contribution in [0.2, 0.25) is 0 Å². The highest BCUT2D eigenvalue weighted by molar-refractivity contribution is 5.92. The van der Waals surface area contributed by atoms with Crippen LogP contribution < -0.4 is 15.4 Å². The monoisotopic (exact) mass is 1460 g/mol. The van der Waals surface area contributed by atoms with Gasteiger partial charge in [0, 0.05) is 52.3 Å². The van der Waals surface area contributed by atoms with E-state index in [1.54, 1.807) is 19.2 Å². The zero-order valence-corrected chi connectivity index (χ0v) is 72.7. The lowest BCUT2D eigenvalue weighted by atomic mass is 10.0. The molecule has 0 spiro atoms. The number of carbonyl (C=O) groups is 5. The molecule has 0 aliphatic heterocycles. The molecule has 11 heteroatoms. The molecule has 0 aromatic heterocycles. The molecule has 1 atom stereocenters. The third kappa shape index (κ3) is 78.7. The van der Waals surface area contributed by atoms with E-state index in [0.717, 1.165) is 112 Å². The fraction of sp³-hybridized carbons (Fsp3) is 0.649. The summed E-state index contributed by atoms with van der Waals surface area (Å²) in [4.78, 5) is 55.1.